The summed E-state index contributed by atoms with van der Waals surface area (Å²) < 4.78 is 0. The van der Waals surface area contributed by atoms with Gasteiger partial charge in [0, 0.05) is 18.1 Å². The summed E-state index contributed by atoms with van der Waals surface area (Å²) in [7, 11) is 0. The number of anilines is 1. The van der Waals surface area contributed by atoms with E-state index < -0.39 is 17.9 Å². The Hall–Kier alpha value is -2.96. The van der Waals surface area contributed by atoms with Gasteiger partial charge in [-0.25, -0.2) is 0 Å². The van der Waals surface area contributed by atoms with Crippen LogP contribution in [0.2, 0.25) is 5.02 Å². The zero-order valence-corrected chi connectivity index (χ0v) is 15.1. The monoisotopic (exact) mass is 383 g/mol. The lowest BCUT2D eigenvalue weighted by Crippen LogP contribution is -2.36. The minimum Gasteiger partial charge on any atom is -0.388 e. The van der Waals surface area contributed by atoms with Crippen molar-refractivity contribution >= 4 is 40.0 Å². The molecule has 2 aromatic carbocycles. The first kappa shape index (κ1) is 18.8. The van der Waals surface area contributed by atoms with Gasteiger partial charge < -0.3 is 15.7 Å². The van der Waals surface area contributed by atoms with Gasteiger partial charge in [-0.3, -0.25) is 14.6 Å². The second kappa shape index (κ2) is 8.62. The van der Waals surface area contributed by atoms with Crippen molar-refractivity contribution in [2.75, 3.05) is 11.9 Å². The maximum absolute atomic E-state index is 12.1. The zero-order chi connectivity index (χ0) is 19.2. The van der Waals surface area contributed by atoms with Crippen molar-refractivity contribution < 1.29 is 14.7 Å². The maximum atomic E-state index is 12.1. The molecule has 6 nitrogen and oxygen atoms in total. The topological polar surface area (TPSA) is 91.3 Å². The Labute approximate surface area is 161 Å². The van der Waals surface area contributed by atoms with E-state index in [4.69, 9.17) is 11.6 Å². The molecule has 1 heterocycles. The summed E-state index contributed by atoms with van der Waals surface area (Å²) in [5.41, 5.74) is 1.76. The normalized spacial score (nSPS) is 11.8. The third-order valence-electron chi connectivity index (χ3n) is 4.06. The Morgan fingerprint density at radius 1 is 1.04 bits per heavy atom. The fourth-order valence-corrected chi connectivity index (χ4v) is 2.88. The number of nitrogens with one attached hydrogen (secondary N) is 2. The molecule has 0 unspecified atom stereocenters. The van der Waals surface area contributed by atoms with Crippen LogP contribution in [0.5, 0.6) is 0 Å². The molecule has 1 atom stereocenters. The van der Waals surface area contributed by atoms with Crippen LogP contribution in [0.1, 0.15) is 18.1 Å². The Balaban J connectivity index is 1.57. The lowest BCUT2D eigenvalue weighted by Gasteiger charge is -2.12. The highest BCUT2D eigenvalue weighted by Gasteiger charge is 2.16. The van der Waals surface area contributed by atoms with Gasteiger partial charge in [-0.15, -0.1) is 0 Å². The molecule has 0 spiro atoms. The highest BCUT2D eigenvalue weighted by atomic mass is 35.5. The van der Waals surface area contributed by atoms with Crippen molar-refractivity contribution in [2.24, 2.45) is 0 Å². The molecular formula is C20H18ClN3O3. The molecule has 138 valence electrons. The van der Waals surface area contributed by atoms with Gasteiger partial charge in [0.1, 0.15) is 0 Å². The van der Waals surface area contributed by atoms with E-state index in [1.54, 1.807) is 42.6 Å². The molecule has 27 heavy (non-hydrogen) atoms. The molecule has 3 N–H and O–H groups in total. The Morgan fingerprint density at radius 3 is 2.59 bits per heavy atom. The third kappa shape index (κ3) is 4.61. The number of hydrogen-bond acceptors (Lipinski definition) is 4. The van der Waals surface area contributed by atoms with Gasteiger partial charge in [0.05, 0.1) is 22.3 Å². The van der Waals surface area contributed by atoms with E-state index in [9.17, 15) is 14.7 Å². The van der Waals surface area contributed by atoms with E-state index in [2.05, 4.69) is 15.6 Å². The number of hydrogen-bond donors (Lipinski definition) is 3. The molecule has 0 aliphatic rings. The molecule has 7 heteroatoms. The largest absolute Gasteiger partial charge is 0.388 e. The summed E-state index contributed by atoms with van der Waals surface area (Å²) in [6.45, 7) is 0.172. The van der Waals surface area contributed by atoms with Crippen molar-refractivity contribution in [3.63, 3.8) is 0 Å². The quantitative estimate of drug-likeness (QED) is 0.590. The van der Waals surface area contributed by atoms with Gasteiger partial charge in [0.25, 0.3) is 0 Å². The van der Waals surface area contributed by atoms with Crippen LogP contribution in [0.4, 0.5) is 5.69 Å². The van der Waals surface area contributed by atoms with Gasteiger partial charge in [0.15, 0.2) is 0 Å². The number of pyridine rings is 1. The Morgan fingerprint density at radius 2 is 1.81 bits per heavy atom. The van der Waals surface area contributed by atoms with E-state index >= 15 is 0 Å². The fraction of sp³-hybridized carbons (Fsp3) is 0.150. The van der Waals surface area contributed by atoms with E-state index in [0.29, 0.717) is 28.0 Å². The number of amides is 2. The number of aromatic nitrogens is 1. The minimum absolute atomic E-state index is 0.172. The Bertz CT molecular complexity index is 963. The van der Waals surface area contributed by atoms with Crippen LogP contribution in [0.3, 0.4) is 0 Å². The first-order valence-corrected chi connectivity index (χ1v) is 8.79. The lowest BCUT2D eigenvalue weighted by atomic mass is 10.1. The van der Waals surface area contributed by atoms with Crippen LogP contribution < -0.4 is 10.6 Å². The van der Waals surface area contributed by atoms with E-state index in [1.165, 1.54) is 0 Å². The smallest absolute Gasteiger partial charge is 0.313 e. The highest BCUT2D eigenvalue weighted by molar-refractivity contribution is 6.40. The number of halogens is 1. The number of carbonyl (C=O) groups excluding carboxylic acids is 2. The van der Waals surface area contributed by atoms with Gasteiger partial charge in [-0.05, 0) is 36.2 Å². The summed E-state index contributed by atoms with van der Waals surface area (Å²) >= 11 is 6.10. The molecule has 0 bridgehead atoms. The minimum atomic E-state index is -0.795. The molecule has 0 aliphatic carbocycles. The lowest BCUT2D eigenvalue weighted by molar-refractivity contribution is -0.136. The van der Waals surface area contributed by atoms with Crippen molar-refractivity contribution in [1.82, 2.24) is 10.3 Å². The van der Waals surface area contributed by atoms with E-state index in [0.717, 1.165) is 5.56 Å². The van der Waals surface area contributed by atoms with Crippen molar-refractivity contribution in [1.29, 1.82) is 0 Å². The fourth-order valence-electron chi connectivity index (χ4n) is 2.67. The van der Waals surface area contributed by atoms with Crippen molar-refractivity contribution in [3.05, 3.63) is 71.4 Å². The Kier molecular flexibility index (Phi) is 6.01. The molecule has 3 aromatic rings. The number of rotatable bonds is 5. The second-order valence-electron chi connectivity index (χ2n) is 5.92. The number of carbonyl (C=O) groups is 2. The second-order valence-corrected chi connectivity index (χ2v) is 6.33. The van der Waals surface area contributed by atoms with Crippen LogP contribution in [0.25, 0.3) is 10.9 Å². The number of fused-ring (bicyclic) bond motifs is 1. The van der Waals surface area contributed by atoms with E-state index in [-0.39, 0.29) is 6.54 Å². The first-order chi connectivity index (χ1) is 13.1. The predicted octanol–water partition coefficient (Wildman–Crippen LogP) is 3.07. The summed E-state index contributed by atoms with van der Waals surface area (Å²) in [4.78, 5) is 28.3. The summed E-state index contributed by atoms with van der Waals surface area (Å²) in [6, 6.07) is 15.8. The van der Waals surface area contributed by atoms with Gasteiger partial charge in [-0.2, -0.15) is 0 Å². The number of aliphatic hydroxyl groups is 1. The maximum Gasteiger partial charge on any atom is 0.313 e. The molecule has 0 fully saturated rings. The van der Waals surface area contributed by atoms with Crippen molar-refractivity contribution in [2.45, 2.75) is 12.5 Å². The van der Waals surface area contributed by atoms with Crippen LogP contribution in [0.15, 0.2) is 60.8 Å². The standard InChI is InChI=1S/C20H18ClN3O3/c21-15-8-9-16(14-7-4-11-22-18(14)15)24-20(27)19(26)23-12-10-17(25)13-5-2-1-3-6-13/h1-9,11,17,25H,10,12H2,(H,23,26)(H,24,27)/t17-/m1/s1. The van der Waals surface area contributed by atoms with E-state index in [1.807, 2.05) is 18.2 Å². The van der Waals surface area contributed by atoms with Gasteiger partial charge in [0.2, 0.25) is 0 Å². The highest BCUT2D eigenvalue weighted by Crippen LogP contribution is 2.27. The number of benzene rings is 2. The summed E-state index contributed by atoms with van der Waals surface area (Å²) in [5, 5.41) is 16.3. The molecule has 0 saturated heterocycles. The molecule has 0 aliphatic heterocycles. The number of nitrogens with zero attached hydrogens (tertiary/aromatic N) is 1. The molecule has 0 saturated carbocycles. The molecule has 1 aromatic heterocycles. The molecule has 0 radical (unpaired) electrons. The molecule has 3 rings (SSSR count). The zero-order valence-electron chi connectivity index (χ0n) is 14.4. The SMILES string of the molecule is O=C(NCC[C@@H](O)c1ccccc1)C(=O)Nc1ccc(Cl)c2ncccc12. The van der Waals surface area contributed by atoms with Gasteiger partial charge >= 0.3 is 11.8 Å². The summed E-state index contributed by atoms with van der Waals surface area (Å²) in [5.74, 6) is -1.57. The van der Waals surface area contributed by atoms with Crippen LogP contribution in [-0.4, -0.2) is 28.4 Å². The third-order valence-corrected chi connectivity index (χ3v) is 4.37. The van der Waals surface area contributed by atoms with Gasteiger partial charge in [-0.1, -0.05) is 41.9 Å². The average Bonchev–Trinajstić information content (AvgIpc) is 2.70. The average molecular weight is 384 g/mol. The number of aliphatic hydroxyl groups excluding tert-OH is 1. The molecule has 2 amide bonds. The van der Waals surface area contributed by atoms with Crippen LogP contribution >= 0.6 is 11.6 Å². The summed E-state index contributed by atoms with van der Waals surface area (Å²) in [6.07, 6.45) is 1.20. The van der Waals surface area contributed by atoms with Crippen LogP contribution in [0, 0.1) is 0 Å². The molecular weight excluding hydrogens is 366 g/mol. The predicted molar refractivity (Wildman–Crippen MR) is 104 cm³/mol. The van der Waals surface area contributed by atoms with Crippen molar-refractivity contribution in [3.8, 4) is 0 Å². The first-order valence-electron chi connectivity index (χ1n) is 8.41. The van der Waals surface area contributed by atoms with Crippen LogP contribution in [-0.2, 0) is 9.59 Å².